The van der Waals surface area contributed by atoms with Gasteiger partial charge >= 0.3 is 0 Å². The van der Waals surface area contributed by atoms with Crippen LogP contribution >= 0.6 is 11.6 Å². The zero-order chi connectivity index (χ0) is 12.3. The Morgan fingerprint density at radius 3 is 2.82 bits per heavy atom. The van der Waals surface area contributed by atoms with Crippen LogP contribution in [0.2, 0.25) is 5.15 Å². The number of hydrogen-bond donors (Lipinski definition) is 0. The summed E-state index contributed by atoms with van der Waals surface area (Å²) in [7, 11) is 1.99. The second kappa shape index (κ2) is 5.29. The van der Waals surface area contributed by atoms with Gasteiger partial charge in [0.25, 0.3) is 0 Å². The number of nitrogens with zero attached hydrogens (tertiary/aromatic N) is 3. The van der Waals surface area contributed by atoms with Gasteiger partial charge in [0.2, 0.25) is 0 Å². The molecule has 2 aromatic rings. The molecule has 17 heavy (non-hydrogen) atoms. The van der Waals surface area contributed by atoms with E-state index in [0.29, 0.717) is 11.7 Å². The molecule has 5 heteroatoms. The predicted octanol–water partition coefficient (Wildman–Crippen LogP) is 2.66. The topological polar surface area (TPSA) is 42.2 Å². The molecule has 90 valence electrons. The molecule has 0 N–H and O–H groups in total. The first-order valence-electron chi connectivity index (χ1n) is 5.34. The third-order valence-electron chi connectivity index (χ3n) is 2.29. The van der Waals surface area contributed by atoms with Crippen molar-refractivity contribution in [2.24, 2.45) is 0 Å². The van der Waals surface area contributed by atoms with Crippen LogP contribution in [0.15, 0.2) is 28.9 Å². The van der Waals surface area contributed by atoms with Crippen LogP contribution in [0.1, 0.15) is 17.3 Å². The maximum atomic E-state index is 5.89. The minimum Gasteiger partial charge on any atom is -0.468 e. The van der Waals surface area contributed by atoms with Crippen molar-refractivity contribution in [1.29, 1.82) is 0 Å². The van der Waals surface area contributed by atoms with Crippen molar-refractivity contribution >= 4 is 11.6 Å². The van der Waals surface area contributed by atoms with Crippen molar-refractivity contribution in [3.05, 3.63) is 46.9 Å². The summed E-state index contributed by atoms with van der Waals surface area (Å²) in [6.45, 7) is 3.27. The van der Waals surface area contributed by atoms with E-state index in [1.807, 2.05) is 26.1 Å². The predicted molar refractivity (Wildman–Crippen MR) is 65.7 cm³/mol. The van der Waals surface area contributed by atoms with Gasteiger partial charge in [-0.25, -0.2) is 9.97 Å². The van der Waals surface area contributed by atoms with E-state index in [4.69, 9.17) is 16.0 Å². The summed E-state index contributed by atoms with van der Waals surface area (Å²) < 4.78 is 5.28. The van der Waals surface area contributed by atoms with E-state index >= 15 is 0 Å². The van der Waals surface area contributed by atoms with E-state index in [-0.39, 0.29) is 0 Å². The number of halogens is 1. The molecule has 0 saturated carbocycles. The largest absolute Gasteiger partial charge is 0.468 e. The first-order valence-corrected chi connectivity index (χ1v) is 5.72. The van der Waals surface area contributed by atoms with Crippen LogP contribution in [0.25, 0.3) is 0 Å². The lowest BCUT2D eigenvalue weighted by atomic mass is 10.4. The van der Waals surface area contributed by atoms with Gasteiger partial charge < -0.3 is 4.42 Å². The monoisotopic (exact) mass is 251 g/mol. The Hall–Kier alpha value is -1.39. The third kappa shape index (κ3) is 3.54. The van der Waals surface area contributed by atoms with E-state index in [1.165, 1.54) is 0 Å². The molecule has 0 amide bonds. The minimum absolute atomic E-state index is 0.485. The number of rotatable bonds is 4. The average Bonchev–Trinajstić information content (AvgIpc) is 2.67. The van der Waals surface area contributed by atoms with Gasteiger partial charge in [-0.05, 0) is 32.2 Å². The molecule has 0 aliphatic rings. The molecular weight excluding hydrogens is 238 g/mol. The molecule has 0 spiro atoms. The van der Waals surface area contributed by atoms with E-state index < -0.39 is 0 Å². The first kappa shape index (κ1) is 12.1. The van der Waals surface area contributed by atoms with Crippen molar-refractivity contribution in [1.82, 2.24) is 14.9 Å². The lowest BCUT2D eigenvalue weighted by molar-refractivity contribution is 0.281. The standard InChI is InChI=1S/C12H14ClN3O/c1-9-6-11(13)15-12(14-9)8-16(2)7-10-4-3-5-17-10/h3-6H,7-8H2,1-2H3. The van der Waals surface area contributed by atoms with Crippen molar-refractivity contribution in [3.63, 3.8) is 0 Å². The molecule has 0 aromatic carbocycles. The molecule has 0 radical (unpaired) electrons. The van der Waals surface area contributed by atoms with Crippen LogP contribution < -0.4 is 0 Å². The summed E-state index contributed by atoms with van der Waals surface area (Å²) in [6.07, 6.45) is 1.67. The summed E-state index contributed by atoms with van der Waals surface area (Å²) in [6, 6.07) is 5.57. The van der Waals surface area contributed by atoms with Crippen molar-refractivity contribution < 1.29 is 4.42 Å². The van der Waals surface area contributed by atoms with Crippen molar-refractivity contribution in [2.45, 2.75) is 20.0 Å². The SMILES string of the molecule is Cc1cc(Cl)nc(CN(C)Cc2ccco2)n1. The number of furan rings is 1. The highest BCUT2D eigenvalue weighted by atomic mass is 35.5. The fourth-order valence-corrected chi connectivity index (χ4v) is 1.88. The van der Waals surface area contributed by atoms with E-state index in [2.05, 4.69) is 14.9 Å². The lowest BCUT2D eigenvalue weighted by Crippen LogP contribution is -2.18. The maximum absolute atomic E-state index is 5.89. The molecule has 2 aromatic heterocycles. The third-order valence-corrected chi connectivity index (χ3v) is 2.48. The Morgan fingerprint density at radius 2 is 2.18 bits per heavy atom. The maximum Gasteiger partial charge on any atom is 0.144 e. The van der Waals surface area contributed by atoms with E-state index in [1.54, 1.807) is 12.3 Å². The van der Waals surface area contributed by atoms with Gasteiger partial charge in [0.1, 0.15) is 16.7 Å². The normalized spacial score (nSPS) is 11.1. The van der Waals surface area contributed by atoms with Crippen LogP contribution in [-0.4, -0.2) is 21.9 Å². The van der Waals surface area contributed by atoms with Crippen molar-refractivity contribution in [2.75, 3.05) is 7.05 Å². The highest BCUT2D eigenvalue weighted by Crippen LogP contribution is 2.10. The quantitative estimate of drug-likeness (QED) is 0.784. The first-order chi connectivity index (χ1) is 8.13. The Balaban J connectivity index is 2.00. The summed E-state index contributed by atoms with van der Waals surface area (Å²) in [5.41, 5.74) is 0.881. The summed E-state index contributed by atoms with van der Waals surface area (Å²) in [5.74, 6) is 1.65. The molecule has 0 aliphatic heterocycles. The van der Waals surface area contributed by atoms with Gasteiger partial charge in [-0.15, -0.1) is 0 Å². The molecule has 0 saturated heterocycles. The Morgan fingerprint density at radius 1 is 1.35 bits per heavy atom. The van der Waals surface area contributed by atoms with Gasteiger partial charge in [-0.1, -0.05) is 11.6 Å². The molecular formula is C12H14ClN3O. The second-order valence-corrected chi connectivity index (χ2v) is 4.39. The molecule has 0 bridgehead atoms. The Bertz CT molecular complexity index is 464. The smallest absolute Gasteiger partial charge is 0.144 e. The molecule has 2 heterocycles. The van der Waals surface area contributed by atoms with Crippen LogP contribution in [0.3, 0.4) is 0 Å². The van der Waals surface area contributed by atoms with E-state index in [0.717, 1.165) is 23.8 Å². The molecule has 0 unspecified atom stereocenters. The fraction of sp³-hybridized carbons (Fsp3) is 0.333. The summed E-state index contributed by atoms with van der Waals surface area (Å²) in [5, 5.41) is 0.485. The van der Waals surface area contributed by atoms with E-state index in [9.17, 15) is 0 Å². The zero-order valence-corrected chi connectivity index (χ0v) is 10.6. The van der Waals surface area contributed by atoms with Gasteiger partial charge in [-0.3, -0.25) is 4.90 Å². The van der Waals surface area contributed by atoms with Gasteiger partial charge in [-0.2, -0.15) is 0 Å². The zero-order valence-electron chi connectivity index (χ0n) is 9.85. The highest BCUT2D eigenvalue weighted by molar-refractivity contribution is 6.29. The van der Waals surface area contributed by atoms with Gasteiger partial charge in [0.15, 0.2) is 0 Å². The van der Waals surface area contributed by atoms with Crippen LogP contribution in [0.5, 0.6) is 0 Å². The number of hydrogen-bond acceptors (Lipinski definition) is 4. The van der Waals surface area contributed by atoms with Crippen LogP contribution in [-0.2, 0) is 13.1 Å². The van der Waals surface area contributed by atoms with Crippen LogP contribution in [0.4, 0.5) is 0 Å². The Labute approximate surface area is 105 Å². The summed E-state index contributed by atoms with van der Waals surface area (Å²) >= 11 is 5.89. The number of aryl methyl sites for hydroxylation is 1. The van der Waals surface area contributed by atoms with Crippen LogP contribution in [0, 0.1) is 6.92 Å². The second-order valence-electron chi connectivity index (χ2n) is 4.00. The molecule has 0 fully saturated rings. The highest BCUT2D eigenvalue weighted by Gasteiger charge is 2.07. The fourth-order valence-electron chi connectivity index (χ4n) is 1.63. The molecule has 0 atom stereocenters. The van der Waals surface area contributed by atoms with Gasteiger partial charge in [0.05, 0.1) is 19.4 Å². The number of aromatic nitrogens is 2. The molecule has 0 aliphatic carbocycles. The van der Waals surface area contributed by atoms with Crippen molar-refractivity contribution in [3.8, 4) is 0 Å². The minimum atomic E-state index is 0.485. The lowest BCUT2D eigenvalue weighted by Gasteiger charge is -2.14. The average molecular weight is 252 g/mol. The summed E-state index contributed by atoms with van der Waals surface area (Å²) in [4.78, 5) is 10.6. The van der Waals surface area contributed by atoms with Gasteiger partial charge in [0, 0.05) is 5.69 Å². The molecule has 4 nitrogen and oxygen atoms in total. The Kier molecular flexibility index (Phi) is 3.76. The molecule has 2 rings (SSSR count).